The van der Waals surface area contributed by atoms with E-state index in [4.69, 9.17) is 0 Å². The molecule has 3 aromatic rings. The molecule has 5 nitrogen and oxygen atoms in total. The van der Waals surface area contributed by atoms with Gasteiger partial charge in [-0.1, -0.05) is 18.2 Å². The van der Waals surface area contributed by atoms with Crippen LogP contribution in [0.25, 0.3) is 5.69 Å². The molecule has 0 aliphatic rings. The minimum Gasteiger partial charge on any atom is -0.304 e. The number of nitrogens with zero attached hydrogens (tertiary/aromatic N) is 4. The summed E-state index contributed by atoms with van der Waals surface area (Å²) in [6, 6.07) is 14.2. The number of pyridine rings is 1. The quantitative estimate of drug-likeness (QED) is 0.779. The Morgan fingerprint density at radius 2 is 1.86 bits per heavy atom. The van der Waals surface area contributed by atoms with Crippen LogP contribution in [0.4, 0.5) is 0 Å². The van der Waals surface area contributed by atoms with E-state index in [1.165, 1.54) is 5.56 Å². The number of aromatic nitrogens is 4. The van der Waals surface area contributed by atoms with Crippen LogP contribution in [0, 0.1) is 0 Å². The van der Waals surface area contributed by atoms with E-state index >= 15 is 0 Å². The Morgan fingerprint density at radius 1 is 1.10 bits per heavy atom. The van der Waals surface area contributed by atoms with E-state index in [1.807, 2.05) is 42.5 Å². The number of rotatable bonds is 5. The highest BCUT2D eigenvalue weighted by Crippen LogP contribution is 2.11. The van der Waals surface area contributed by atoms with Gasteiger partial charge in [-0.05, 0) is 36.8 Å². The first-order valence-corrected chi connectivity index (χ1v) is 6.93. The van der Waals surface area contributed by atoms with Crippen LogP contribution in [-0.4, -0.2) is 20.0 Å². The molecule has 0 amide bonds. The second-order valence-corrected chi connectivity index (χ2v) is 4.84. The zero-order chi connectivity index (χ0) is 14.5. The molecule has 3 rings (SSSR count). The topological polar surface area (TPSA) is 55.6 Å². The predicted octanol–water partition coefficient (Wildman–Crippen LogP) is 2.51. The Balaban J connectivity index is 1.63. The molecule has 0 saturated carbocycles. The van der Waals surface area contributed by atoms with Gasteiger partial charge in [0.25, 0.3) is 0 Å². The normalized spacial score (nSPS) is 12.2. The zero-order valence-electron chi connectivity index (χ0n) is 11.8. The van der Waals surface area contributed by atoms with Gasteiger partial charge < -0.3 is 5.32 Å². The first-order chi connectivity index (χ1) is 10.3. The van der Waals surface area contributed by atoms with Crippen LogP contribution in [-0.2, 0) is 6.54 Å². The molecule has 0 bridgehead atoms. The van der Waals surface area contributed by atoms with Crippen LogP contribution >= 0.6 is 0 Å². The van der Waals surface area contributed by atoms with Gasteiger partial charge in [0.05, 0.1) is 17.6 Å². The monoisotopic (exact) mass is 279 g/mol. The Bertz CT molecular complexity index is 678. The molecule has 1 aromatic carbocycles. The minimum atomic E-state index is 0.245. The summed E-state index contributed by atoms with van der Waals surface area (Å²) in [7, 11) is 0. The van der Waals surface area contributed by atoms with Gasteiger partial charge in [0, 0.05) is 25.0 Å². The molecule has 0 fully saturated rings. The fourth-order valence-corrected chi connectivity index (χ4v) is 2.09. The first-order valence-electron chi connectivity index (χ1n) is 6.93. The summed E-state index contributed by atoms with van der Waals surface area (Å²) in [6.07, 6.45) is 5.40. The standard InChI is InChI=1S/C16H17N5/c1-13(14-7-9-17-10-8-14)18-11-15-12-19-21(20-15)16-5-3-2-4-6-16/h2-10,12-13,18H,11H2,1H3/t13-/m1/s1. The van der Waals surface area contributed by atoms with Crippen molar-refractivity contribution in [2.45, 2.75) is 19.5 Å². The van der Waals surface area contributed by atoms with Gasteiger partial charge in [-0.15, -0.1) is 0 Å². The highest BCUT2D eigenvalue weighted by atomic mass is 15.5. The van der Waals surface area contributed by atoms with Crippen molar-refractivity contribution in [3.05, 3.63) is 72.3 Å². The van der Waals surface area contributed by atoms with E-state index < -0.39 is 0 Å². The third-order valence-corrected chi connectivity index (χ3v) is 3.32. The van der Waals surface area contributed by atoms with Gasteiger partial charge in [-0.3, -0.25) is 4.98 Å². The molecular weight excluding hydrogens is 262 g/mol. The zero-order valence-corrected chi connectivity index (χ0v) is 11.8. The number of hydrogen-bond donors (Lipinski definition) is 1. The summed E-state index contributed by atoms with van der Waals surface area (Å²) >= 11 is 0. The van der Waals surface area contributed by atoms with Gasteiger partial charge in [0.2, 0.25) is 0 Å². The van der Waals surface area contributed by atoms with Crippen molar-refractivity contribution in [3.63, 3.8) is 0 Å². The van der Waals surface area contributed by atoms with Crippen LogP contribution < -0.4 is 5.32 Å². The number of benzene rings is 1. The molecular formula is C16H17N5. The Hall–Kier alpha value is -2.53. The summed E-state index contributed by atoms with van der Waals surface area (Å²) < 4.78 is 0. The van der Waals surface area contributed by atoms with Crippen LogP contribution in [0.3, 0.4) is 0 Å². The van der Waals surface area contributed by atoms with E-state index in [9.17, 15) is 0 Å². The van der Waals surface area contributed by atoms with Crippen LogP contribution in [0.5, 0.6) is 0 Å². The second-order valence-electron chi connectivity index (χ2n) is 4.84. The largest absolute Gasteiger partial charge is 0.304 e. The van der Waals surface area contributed by atoms with Crippen molar-refractivity contribution in [3.8, 4) is 5.69 Å². The van der Waals surface area contributed by atoms with E-state index in [-0.39, 0.29) is 6.04 Å². The lowest BCUT2D eigenvalue weighted by molar-refractivity contribution is 0.563. The molecule has 0 spiro atoms. The van der Waals surface area contributed by atoms with Crippen LogP contribution in [0.1, 0.15) is 24.2 Å². The maximum Gasteiger partial charge on any atom is 0.0969 e. The number of hydrogen-bond acceptors (Lipinski definition) is 4. The summed E-state index contributed by atoms with van der Waals surface area (Å²) in [6.45, 7) is 2.80. The van der Waals surface area contributed by atoms with E-state index in [0.29, 0.717) is 6.54 Å². The van der Waals surface area contributed by atoms with Crippen molar-refractivity contribution >= 4 is 0 Å². The lowest BCUT2D eigenvalue weighted by atomic mass is 10.1. The van der Waals surface area contributed by atoms with Crippen molar-refractivity contribution in [1.29, 1.82) is 0 Å². The molecule has 0 aliphatic heterocycles. The fourth-order valence-electron chi connectivity index (χ4n) is 2.09. The van der Waals surface area contributed by atoms with E-state index in [1.54, 1.807) is 23.4 Å². The molecule has 1 N–H and O–H groups in total. The first kappa shape index (κ1) is 13.5. The predicted molar refractivity (Wildman–Crippen MR) is 80.9 cm³/mol. The molecule has 2 aromatic heterocycles. The van der Waals surface area contributed by atoms with Crippen molar-refractivity contribution in [2.75, 3.05) is 0 Å². The van der Waals surface area contributed by atoms with Crippen molar-refractivity contribution in [2.24, 2.45) is 0 Å². The van der Waals surface area contributed by atoms with Gasteiger partial charge in [0.1, 0.15) is 0 Å². The molecule has 0 radical (unpaired) electrons. The third kappa shape index (κ3) is 3.32. The highest BCUT2D eigenvalue weighted by molar-refractivity contribution is 5.28. The molecule has 106 valence electrons. The average molecular weight is 279 g/mol. The summed E-state index contributed by atoms with van der Waals surface area (Å²) in [5, 5.41) is 12.2. The molecule has 5 heteroatoms. The lowest BCUT2D eigenvalue weighted by Crippen LogP contribution is -2.18. The molecule has 21 heavy (non-hydrogen) atoms. The number of para-hydroxylation sites is 1. The molecule has 2 heterocycles. The third-order valence-electron chi connectivity index (χ3n) is 3.32. The maximum atomic E-state index is 4.48. The smallest absolute Gasteiger partial charge is 0.0969 e. The highest BCUT2D eigenvalue weighted by Gasteiger charge is 2.07. The molecule has 0 aliphatic carbocycles. The summed E-state index contributed by atoms with van der Waals surface area (Å²) in [5.41, 5.74) is 3.09. The van der Waals surface area contributed by atoms with Crippen molar-refractivity contribution < 1.29 is 0 Å². The number of nitrogens with one attached hydrogen (secondary N) is 1. The Labute approximate surface area is 123 Å². The summed E-state index contributed by atoms with van der Waals surface area (Å²) in [4.78, 5) is 5.68. The van der Waals surface area contributed by atoms with E-state index in [0.717, 1.165) is 11.4 Å². The lowest BCUT2D eigenvalue weighted by Gasteiger charge is -2.12. The average Bonchev–Trinajstić information content (AvgIpc) is 3.03. The minimum absolute atomic E-state index is 0.245. The maximum absolute atomic E-state index is 4.48. The second kappa shape index (κ2) is 6.28. The van der Waals surface area contributed by atoms with E-state index in [2.05, 4.69) is 27.4 Å². The Morgan fingerprint density at radius 3 is 2.62 bits per heavy atom. The van der Waals surface area contributed by atoms with Crippen LogP contribution in [0.15, 0.2) is 61.1 Å². The van der Waals surface area contributed by atoms with Gasteiger partial charge in [-0.25, -0.2) is 0 Å². The fraction of sp³-hybridized carbons (Fsp3) is 0.188. The molecule has 1 atom stereocenters. The van der Waals surface area contributed by atoms with Crippen LogP contribution in [0.2, 0.25) is 0 Å². The Kier molecular flexibility index (Phi) is 4.02. The van der Waals surface area contributed by atoms with Gasteiger partial charge in [-0.2, -0.15) is 15.0 Å². The van der Waals surface area contributed by atoms with Gasteiger partial charge >= 0.3 is 0 Å². The summed E-state index contributed by atoms with van der Waals surface area (Å²) in [5.74, 6) is 0. The molecule has 0 saturated heterocycles. The SMILES string of the molecule is C[C@@H](NCc1cnn(-c2ccccc2)n1)c1ccncc1. The molecule has 0 unspecified atom stereocenters. The van der Waals surface area contributed by atoms with Crippen molar-refractivity contribution in [1.82, 2.24) is 25.3 Å². The van der Waals surface area contributed by atoms with Gasteiger partial charge in [0.15, 0.2) is 0 Å².